The molecule has 1 fully saturated rings. The Morgan fingerprint density at radius 3 is 2.63 bits per heavy atom. The zero-order chi connectivity index (χ0) is 14.0. The summed E-state index contributed by atoms with van der Waals surface area (Å²) in [6, 6.07) is -0.960. The summed E-state index contributed by atoms with van der Waals surface area (Å²) in [4.78, 5) is 13.8. The third-order valence-corrected chi connectivity index (χ3v) is 3.91. The van der Waals surface area contributed by atoms with Gasteiger partial charge in [0.05, 0.1) is 0 Å². The van der Waals surface area contributed by atoms with Crippen LogP contribution in [0.1, 0.15) is 19.3 Å². The fourth-order valence-corrected chi connectivity index (χ4v) is 2.74. The first-order chi connectivity index (χ1) is 9.00. The first-order valence-electron chi connectivity index (χ1n) is 6.47. The molecule has 2 rings (SSSR count). The molecule has 0 unspecified atom stereocenters. The number of nitrogens with zero attached hydrogens (tertiary/aromatic N) is 1. The van der Waals surface area contributed by atoms with Gasteiger partial charge < -0.3 is 15.7 Å². The molecule has 1 aliphatic heterocycles. The molecular formula is C14H19ClN2O2. The Labute approximate surface area is 118 Å². The molecule has 0 radical (unpaired) electrons. The summed E-state index contributed by atoms with van der Waals surface area (Å²) >= 11 is 6.11. The number of carbonyl (C=O) groups is 1. The second-order valence-electron chi connectivity index (χ2n) is 5.03. The number of carbonyl (C=O) groups excluding carboxylic acids is 1. The molecule has 2 atom stereocenters. The first-order valence-corrected chi connectivity index (χ1v) is 6.85. The molecule has 19 heavy (non-hydrogen) atoms. The lowest BCUT2D eigenvalue weighted by atomic mass is 9.95. The minimum absolute atomic E-state index is 0.209. The van der Waals surface area contributed by atoms with Gasteiger partial charge >= 0.3 is 0 Å². The number of halogens is 1. The molecule has 4 nitrogen and oxygen atoms in total. The fourth-order valence-electron chi connectivity index (χ4n) is 2.39. The van der Waals surface area contributed by atoms with E-state index in [2.05, 4.69) is 6.58 Å². The van der Waals surface area contributed by atoms with Crippen molar-refractivity contribution in [2.75, 3.05) is 13.1 Å². The van der Waals surface area contributed by atoms with E-state index in [9.17, 15) is 9.90 Å². The van der Waals surface area contributed by atoms with Crippen LogP contribution in [0.15, 0.2) is 34.9 Å². The fraction of sp³-hybridized carbons (Fsp3) is 0.500. The van der Waals surface area contributed by atoms with E-state index in [4.69, 9.17) is 17.3 Å². The van der Waals surface area contributed by atoms with E-state index in [1.54, 1.807) is 17.1 Å². The van der Waals surface area contributed by atoms with Gasteiger partial charge in [-0.3, -0.25) is 4.79 Å². The molecule has 0 aromatic heterocycles. The Morgan fingerprint density at radius 1 is 1.42 bits per heavy atom. The van der Waals surface area contributed by atoms with Gasteiger partial charge in [0.1, 0.15) is 12.1 Å². The molecule has 1 saturated heterocycles. The predicted octanol–water partition coefficient (Wildman–Crippen LogP) is 1.31. The molecule has 1 heterocycles. The summed E-state index contributed by atoms with van der Waals surface area (Å²) in [6.07, 6.45) is 4.91. The van der Waals surface area contributed by atoms with Gasteiger partial charge in [0.2, 0.25) is 5.91 Å². The van der Waals surface area contributed by atoms with E-state index in [-0.39, 0.29) is 5.91 Å². The predicted molar refractivity (Wildman–Crippen MR) is 75.6 cm³/mol. The SMILES string of the molecule is C=C1C=CC([C@H](O)[C@@H](N)C(=O)N2CCCC2)=C(Cl)C1. The van der Waals surface area contributed by atoms with Crippen molar-refractivity contribution >= 4 is 17.5 Å². The normalized spacial score (nSPS) is 22.9. The van der Waals surface area contributed by atoms with Gasteiger partial charge in [0.25, 0.3) is 0 Å². The Balaban J connectivity index is 2.08. The molecule has 2 aliphatic rings. The molecular weight excluding hydrogens is 264 g/mol. The van der Waals surface area contributed by atoms with Crippen molar-refractivity contribution in [1.82, 2.24) is 4.90 Å². The van der Waals surface area contributed by atoms with Crippen LogP contribution in [0.3, 0.4) is 0 Å². The molecule has 5 heteroatoms. The standard InChI is InChI=1S/C14H19ClN2O2/c1-9-4-5-10(11(15)8-9)13(18)12(16)14(19)17-6-2-3-7-17/h4-5,12-13,18H,1-3,6-8,16H2/t12-,13+/m1/s1. The van der Waals surface area contributed by atoms with Gasteiger partial charge in [-0.25, -0.2) is 0 Å². The highest BCUT2D eigenvalue weighted by Gasteiger charge is 2.31. The Morgan fingerprint density at radius 2 is 2.05 bits per heavy atom. The highest BCUT2D eigenvalue weighted by molar-refractivity contribution is 6.30. The highest BCUT2D eigenvalue weighted by Crippen LogP contribution is 2.28. The quantitative estimate of drug-likeness (QED) is 0.820. The summed E-state index contributed by atoms with van der Waals surface area (Å²) in [7, 11) is 0. The van der Waals surface area contributed by atoms with Crippen LogP contribution in [0, 0.1) is 0 Å². The average Bonchev–Trinajstić information content (AvgIpc) is 2.90. The third kappa shape index (κ3) is 3.08. The van der Waals surface area contributed by atoms with Crippen LogP contribution < -0.4 is 5.73 Å². The molecule has 0 saturated carbocycles. The Kier molecular flexibility index (Phi) is 4.45. The lowest BCUT2D eigenvalue weighted by molar-refractivity contribution is -0.133. The number of aliphatic hydroxyl groups excluding tert-OH is 1. The molecule has 0 aromatic rings. The minimum atomic E-state index is -1.06. The number of rotatable bonds is 3. The number of amides is 1. The van der Waals surface area contributed by atoms with E-state index < -0.39 is 12.1 Å². The van der Waals surface area contributed by atoms with Crippen LogP contribution in [0.5, 0.6) is 0 Å². The topological polar surface area (TPSA) is 66.6 Å². The minimum Gasteiger partial charge on any atom is -0.386 e. The summed E-state index contributed by atoms with van der Waals surface area (Å²) in [5.41, 5.74) is 7.28. The molecule has 1 amide bonds. The van der Waals surface area contributed by atoms with E-state index in [1.165, 1.54) is 0 Å². The maximum Gasteiger partial charge on any atom is 0.242 e. The van der Waals surface area contributed by atoms with Crippen molar-refractivity contribution in [3.63, 3.8) is 0 Å². The van der Waals surface area contributed by atoms with Crippen molar-refractivity contribution in [2.45, 2.75) is 31.4 Å². The molecule has 0 aromatic carbocycles. The van der Waals surface area contributed by atoms with Gasteiger partial charge in [-0.05, 0) is 24.0 Å². The van der Waals surface area contributed by atoms with Crippen molar-refractivity contribution in [2.24, 2.45) is 5.73 Å². The van der Waals surface area contributed by atoms with E-state index in [0.29, 0.717) is 17.0 Å². The molecule has 3 N–H and O–H groups in total. The lowest BCUT2D eigenvalue weighted by Crippen LogP contribution is -2.50. The van der Waals surface area contributed by atoms with Gasteiger partial charge in [0, 0.05) is 24.5 Å². The number of nitrogens with two attached hydrogens (primary N) is 1. The van der Waals surface area contributed by atoms with Crippen molar-refractivity contribution < 1.29 is 9.90 Å². The van der Waals surface area contributed by atoms with Crippen LogP contribution in [-0.2, 0) is 4.79 Å². The monoisotopic (exact) mass is 282 g/mol. The molecule has 0 bridgehead atoms. The first kappa shape index (κ1) is 14.3. The van der Waals surface area contributed by atoms with Crippen LogP contribution >= 0.6 is 11.6 Å². The van der Waals surface area contributed by atoms with E-state index in [1.807, 2.05) is 0 Å². The summed E-state index contributed by atoms with van der Waals surface area (Å²) in [6.45, 7) is 5.25. The zero-order valence-electron chi connectivity index (χ0n) is 10.8. The van der Waals surface area contributed by atoms with Gasteiger partial charge in [-0.2, -0.15) is 0 Å². The van der Waals surface area contributed by atoms with Crippen molar-refractivity contribution in [3.8, 4) is 0 Å². The van der Waals surface area contributed by atoms with Gasteiger partial charge in [0.15, 0.2) is 0 Å². The zero-order valence-corrected chi connectivity index (χ0v) is 11.6. The number of hydrogen-bond acceptors (Lipinski definition) is 3. The molecule has 1 aliphatic carbocycles. The molecule has 104 valence electrons. The second-order valence-corrected chi connectivity index (χ2v) is 5.49. The van der Waals surface area contributed by atoms with Crippen LogP contribution in [0.4, 0.5) is 0 Å². The van der Waals surface area contributed by atoms with E-state index in [0.717, 1.165) is 31.5 Å². The smallest absolute Gasteiger partial charge is 0.242 e. The van der Waals surface area contributed by atoms with Crippen molar-refractivity contribution in [1.29, 1.82) is 0 Å². The summed E-state index contributed by atoms with van der Waals surface area (Å²) < 4.78 is 0. The number of hydrogen-bond donors (Lipinski definition) is 2. The highest BCUT2D eigenvalue weighted by atomic mass is 35.5. The maximum absolute atomic E-state index is 12.1. The Bertz CT molecular complexity index is 450. The van der Waals surface area contributed by atoms with Gasteiger partial charge in [-0.15, -0.1) is 0 Å². The van der Waals surface area contributed by atoms with E-state index >= 15 is 0 Å². The van der Waals surface area contributed by atoms with Crippen molar-refractivity contribution in [3.05, 3.63) is 34.9 Å². The lowest BCUT2D eigenvalue weighted by Gasteiger charge is -2.26. The largest absolute Gasteiger partial charge is 0.386 e. The Hall–Kier alpha value is -1.10. The summed E-state index contributed by atoms with van der Waals surface area (Å²) in [5, 5.41) is 10.7. The maximum atomic E-state index is 12.1. The second kappa shape index (κ2) is 5.90. The number of allylic oxidation sites excluding steroid dienone is 3. The van der Waals surface area contributed by atoms with Crippen LogP contribution in [-0.4, -0.2) is 41.1 Å². The molecule has 0 spiro atoms. The average molecular weight is 283 g/mol. The van der Waals surface area contributed by atoms with Gasteiger partial charge in [-0.1, -0.05) is 30.3 Å². The summed E-state index contributed by atoms with van der Waals surface area (Å²) in [5.74, 6) is -0.209. The number of aliphatic hydroxyl groups is 1. The third-order valence-electron chi connectivity index (χ3n) is 3.56. The van der Waals surface area contributed by atoms with Crippen LogP contribution in [0.25, 0.3) is 0 Å². The van der Waals surface area contributed by atoms with Crippen LogP contribution in [0.2, 0.25) is 0 Å². The number of likely N-dealkylation sites (tertiary alicyclic amines) is 1.